The van der Waals surface area contributed by atoms with Crippen molar-refractivity contribution >= 4 is 49.8 Å². The second kappa shape index (κ2) is 7.90. The SMILES string of the molecule is COc1ccc(Cl)cc1N(CC(=O)Cl)S(=O)(=O)c1ccccc1[N+](=O)[O-]. The molecule has 0 heterocycles. The molecule has 2 aromatic carbocycles. The Balaban J connectivity index is 2.74. The normalized spacial score (nSPS) is 11.0. The van der Waals surface area contributed by atoms with Gasteiger partial charge in [0.05, 0.1) is 17.7 Å². The van der Waals surface area contributed by atoms with Gasteiger partial charge in [0.25, 0.3) is 15.7 Å². The van der Waals surface area contributed by atoms with E-state index in [1.807, 2.05) is 0 Å². The highest BCUT2D eigenvalue weighted by Gasteiger charge is 2.34. The average molecular weight is 419 g/mol. The average Bonchev–Trinajstić information content (AvgIpc) is 2.59. The number of rotatable bonds is 7. The summed E-state index contributed by atoms with van der Waals surface area (Å²) in [7, 11) is -3.23. The lowest BCUT2D eigenvalue weighted by Gasteiger charge is -2.24. The van der Waals surface area contributed by atoms with Crippen molar-refractivity contribution in [1.82, 2.24) is 0 Å². The number of hydrogen-bond donors (Lipinski definition) is 0. The molecule has 0 aromatic heterocycles. The quantitative estimate of drug-likeness (QED) is 0.388. The Hall–Kier alpha value is -2.36. The molecular formula is C15H12Cl2N2O6S. The van der Waals surface area contributed by atoms with Gasteiger partial charge in [-0.25, -0.2) is 8.42 Å². The fraction of sp³-hybridized carbons (Fsp3) is 0.133. The van der Waals surface area contributed by atoms with E-state index >= 15 is 0 Å². The summed E-state index contributed by atoms with van der Waals surface area (Å²) in [5.74, 6) is 0.0921. The lowest BCUT2D eigenvalue weighted by molar-refractivity contribution is -0.387. The van der Waals surface area contributed by atoms with Crippen LogP contribution in [-0.4, -0.2) is 32.2 Å². The lowest BCUT2D eigenvalue weighted by atomic mass is 10.3. The third kappa shape index (κ3) is 4.06. The van der Waals surface area contributed by atoms with Crippen LogP contribution in [0.15, 0.2) is 47.4 Å². The van der Waals surface area contributed by atoms with Crippen LogP contribution in [0.5, 0.6) is 5.75 Å². The smallest absolute Gasteiger partial charge is 0.289 e. The van der Waals surface area contributed by atoms with Crippen molar-refractivity contribution in [1.29, 1.82) is 0 Å². The van der Waals surface area contributed by atoms with Gasteiger partial charge in [0.15, 0.2) is 4.90 Å². The molecule has 26 heavy (non-hydrogen) atoms. The molecule has 2 aromatic rings. The number of sulfonamides is 1. The van der Waals surface area contributed by atoms with Crippen molar-refractivity contribution in [3.63, 3.8) is 0 Å². The van der Waals surface area contributed by atoms with Crippen LogP contribution in [-0.2, 0) is 14.8 Å². The molecule has 0 saturated carbocycles. The molecule has 0 aliphatic carbocycles. The zero-order valence-corrected chi connectivity index (χ0v) is 15.6. The van der Waals surface area contributed by atoms with E-state index in [2.05, 4.69) is 0 Å². The monoisotopic (exact) mass is 418 g/mol. The van der Waals surface area contributed by atoms with Crippen molar-refractivity contribution in [2.24, 2.45) is 0 Å². The number of methoxy groups -OCH3 is 1. The zero-order valence-electron chi connectivity index (χ0n) is 13.3. The number of carbonyl (C=O) groups excluding carboxylic acids is 1. The second-order valence-electron chi connectivity index (χ2n) is 4.91. The Morgan fingerprint density at radius 2 is 1.92 bits per heavy atom. The molecule has 0 fully saturated rings. The molecule has 138 valence electrons. The number of carbonyl (C=O) groups is 1. The number of anilines is 1. The number of nitro benzene ring substituents is 1. The van der Waals surface area contributed by atoms with Crippen molar-refractivity contribution in [2.45, 2.75) is 4.90 Å². The molecule has 0 radical (unpaired) electrons. The van der Waals surface area contributed by atoms with E-state index < -0.39 is 37.3 Å². The number of halogens is 2. The maximum Gasteiger partial charge on any atom is 0.289 e. The number of benzene rings is 2. The van der Waals surface area contributed by atoms with Crippen LogP contribution in [0.2, 0.25) is 5.02 Å². The van der Waals surface area contributed by atoms with Crippen LogP contribution in [0.4, 0.5) is 11.4 Å². The highest BCUT2D eigenvalue weighted by molar-refractivity contribution is 7.93. The number of ether oxygens (including phenoxy) is 1. The fourth-order valence-corrected chi connectivity index (χ4v) is 4.16. The fourth-order valence-electron chi connectivity index (χ4n) is 2.22. The second-order valence-corrected chi connectivity index (χ2v) is 7.60. The lowest BCUT2D eigenvalue weighted by Crippen LogP contribution is -2.35. The summed E-state index contributed by atoms with van der Waals surface area (Å²) >= 11 is 11.3. The van der Waals surface area contributed by atoms with Crippen LogP contribution < -0.4 is 9.04 Å². The third-order valence-corrected chi connectivity index (χ3v) is 5.47. The van der Waals surface area contributed by atoms with Crippen molar-refractivity contribution < 1.29 is 22.9 Å². The molecule has 2 rings (SSSR count). The molecular weight excluding hydrogens is 407 g/mol. The molecule has 0 aliphatic rings. The summed E-state index contributed by atoms with van der Waals surface area (Å²) in [5.41, 5.74) is -0.715. The standard InChI is InChI=1S/C15H12Cl2N2O6S/c1-25-13-7-6-10(16)8-12(13)18(9-15(17)20)26(23,24)14-5-3-2-4-11(14)19(21)22/h2-8H,9H2,1H3. The van der Waals surface area contributed by atoms with E-state index in [1.165, 1.54) is 37.4 Å². The van der Waals surface area contributed by atoms with Gasteiger partial charge in [-0.1, -0.05) is 23.7 Å². The highest BCUT2D eigenvalue weighted by Crippen LogP contribution is 2.36. The van der Waals surface area contributed by atoms with Crippen LogP contribution in [0.3, 0.4) is 0 Å². The minimum absolute atomic E-state index is 0.0767. The maximum absolute atomic E-state index is 13.1. The minimum atomic E-state index is -4.53. The van der Waals surface area contributed by atoms with E-state index in [0.29, 0.717) is 4.31 Å². The van der Waals surface area contributed by atoms with Crippen LogP contribution in [0.1, 0.15) is 0 Å². The van der Waals surface area contributed by atoms with Gasteiger partial charge in [0.1, 0.15) is 12.3 Å². The highest BCUT2D eigenvalue weighted by atomic mass is 35.5. The van der Waals surface area contributed by atoms with Crippen molar-refractivity contribution in [2.75, 3.05) is 18.0 Å². The first-order valence-electron chi connectivity index (χ1n) is 6.96. The van der Waals surface area contributed by atoms with Gasteiger partial charge in [-0.3, -0.25) is 19.2 Å². The number of nitrogens with zero attached hydrogens (tertiary/aromatic N) is 2. The molecule has 0 atom stereocenters. The first-order valence-corrected chi connectivity index (χ1v) is 9.16. The maximum atomic E-state index is 13.1. The number of para-hydroxylation sites is 1. The summed E-state index contributed by atoms with van der Waals surface area (Å²) in [4.78, 5) is 21.2. The largest absolute Gasteiger partial charge is 0.495 e. The predicted molar refractivity (Wildman–Crippen MR) is 96.5 cm³/mol. The summed E-state index contributed by atoms with van der Waals surface area (Å²) in [5, 5.41) is 10.4. The van der Waals surface area contributed by atoms with Gasteiger partial charge in [-0.15, -0.1) is 0 Å². The molecule has 11 heteroatoms. The van der Waals surface area contributed by atoms with Crippen molar-refractivity contribution in [3.8, 4) is 5.75 Å². The summed E-state index contributed by atoms with van der Waals surface area (Å²) in [6.07, 6.45) is 0. The van der Waals surface area contributed by atoms with E-state index in [-0.39, 0.29) is 16.5 Å². The van der Waals surface area contributed by atoms with E-state index in [1.54, 1.807) is 0 Å². The Morgan fingerprint density at radius 3 is 2.50 bits per heavy atom. The number of nitro groups is 1. The van der Waals surface area contributed by atoms with Gasteiger partial charge < -0.3 is 4.74 Å². The summed E-state index contributed by atoms with van der Waals surface area (Å²) in [6, 6.07) is 8.88. The Kier molecular flexibility index (Phi) is 6.06. The van der Waals surface area contributed by atoms with E-state index in [9.17, 15) is 23.3 Å². The van der Waals surface area contributed by atoms with Gasteiger partial charge >= 0.3 is 0 Å². The van der Waals surface area contributed by atoms with Gasteiger partial charge in [-0.2, -0.15) is 0 Å². The Labute approximate surface area is 159 Å². The molecule has 0 aliphatic heterocycles. The van der Waals surface area contributed by atoms with E-state index in [0.717, 1.165) is 12.1 Å². The van der Waals surface area contributed by atoms with E-state index in [4.69, 9.17) is 27.9 Å². The molecule has 8 nitrogen and oxygen atoms in total. The third-order valence-electron chi connectivity index (χ3n) is 3.31. The molecule has 0 unspecified atom stereocenters. The van der Waals surface area contributed by atoms with Crippen LogP contribution in [0.25, 0.3) is 0 Å². The zero-order chi connectivity index (χ0) is 19.5. The van der Waals surface area contributed by atoms with Crippen LogP contribution >= 0.6 is 23.2 Å². The van der Waals surface area contributed by atoms with Gasteiger partial charge in [-0.05, 0) is 35.9 Å². The van der Waals surface area contributed by atoms with Gasteiger partial charge in [0, 0.05) is 11.1 Å². The molecule has 0 N–H and O–H groups in total. The predicted octanol–water partition coefficient (Wildman–Crippen LogP) is 3.22. The Morgan fingerprint density at radius 1 is 1.27 bits per heavy atom. The Bertz CT molecular complexity index is 964. The summed E-state index contributed by atoms with van der Waals surface area (Å²) in [6.45, 7) is -0.771. The molecule has 0 spiro atoms. The minimum Gasteiger partial charge on any atom is -0.495 e. The number of hydrogen-bond acceptors (Lipinski definition) is 6. The summed E-state index contributed by atoms with van der Waals surface area (Å²) < 4.78 is 31.9. The molecule has 0 saturated heterocycles. The first-order chi connectivity index (χ1) is 12.2. The first kappa shape index (κ1) is 20.0. The molecule has 0 amide bonds. The molecule has 0 bridgehead atoms. The van der Waals surface area contributed by atoms with Gasteiger partial charge in [0.2, 0.25) is 5.24 Å². The van der Waals surface area contributed by atoms with Crippen molar-refractivity contribution in [3.05, 3.63) is 57.6 Å². The van der Waals surface area contributed by atoms with Crippen LogP contribution in [0, 0.1) is 10.1 Å². The topological polar surface area (TPSA) is 107 Å².